The number of aromatic hydroxyl groups is 2. The summed E-state index contributed by atoms with van der Waals surface area (Å²) in [5.41, 5.74) is 0.426. The Morgan fingerprint density at radius 3 is 2.52 bits per heavy atom. The summed E-state index contributed by atoms with van der Waals surface area (Å²) in [5, 5.41) is 27.9. The Balaban J connectivity index is 2.11. The van der Waals surface area contributed by atoms with Crippen molar-refractivity contribution in [3.8, 4) is 11.6 Å². The second kappa shape index (κ2) is 6.48. The summed E-state index contributed by atoms with van der Waals surface area (Å²) in [5.74, 6) is -1.80. The van der Waals surface area contributed by atoms with E-state index >= 15 is 0 Å². The van der Waals surface area contributed by atoms with Crippen molar-refractivity contribution < 1.29 is 19.8 Å². The lowest BCUT2D eigenvalue weighted by Crippen LogP contribution is -2.03. The van der Waals surface area contributed by atoms with E-state index in [9.17, 15) is 19.8 Å². The minimum Gasteiger partial charge on any atom is -0.507 e. The minimum absolute atomic E-state index is 0.00438. The van der Waals surface area contributed by atoms with Crippen molar-refractivity contribution >= 4 is 44.3 Å². The number of amides is 1. The van der Waals surface area contributed by atoms with Crippen molar-refractivity contribution in [3.05, 3.63) is 52.5 Å². The lowest BCUT2D eigenvalue weighted by molar-refractivity contribution is 0.0932. The Kier molecular flexibility index (Phi) is 4.37. The quantitative estimate of drug-likeness (QED) is 0.620. The van der Waals surface area contributed by atoms with Crippen LogP contribution >= 0.6 is 15.9 Å². The van der Waals surface area contributed by atoms with Crippen LogP contribution in [0.2, 0.25) is 0 Å². The zero-order chi connectivity index (χ0) is 18.1. The van der Waals surface area contributed by atoms with E-state index in [4.69, 9.17) is 0 Å². The molecule has 0 radical (unpaired) electrons. The van der Waals surface area contributed by atoms with Gasteiger partial charge >= 0.3 is 0 Å². The number of azo groups is 1. The Morgan fingerprint density at radius 1 is 1.12 bits per heavy atom. The van der Waals surface area contributed by atoms with E-state index < -0.39 is 17.7 Å². The van der Waals surface area contributed by atoms with Gasteiger partial charge in [0.1, 0.15) is 5.75 Å². The number of benzene rings is 2. The fraction of sp³-hybridized carbons (Fsp3) is 0.0588. The molecule has 0 fully saturated rings. The zero-order valence-corrected chi connectivity index (χ0v) is 14.6. The molecule has 1 amide bonds. The summed E-state index contributed by atoms with van der Waals surface area (Å²) in [6.07, 6.45) is 0. The first-order valence-electron chi connectivity index (χ1n) is 7.18. The van der Waals surface area contributed by atoms with Crippen molar-refractivity contribution in [2.24, 2.45) is 10.2 Å². The summed E-state index contributed by atoms with van der Waals surface area (Å²) in [6.45, 7) is 1.30. The molecule has 1 aromatic heterocycles. The summed E-state index contributed by atoms with van der Waals surface area (Å²) in [6, 6.07) is 10.9. The van der Waals surface area contributed by atoms with Crippen LogP contribution in [0.1, 0.15) is 22.1 Å². The Morgan fingerprint density at radius 2 is 1.84 bits per heavy atom. The SMILES string of the molecule is CC(=O)n1c(O)c(N=NC(=O)c2ccccc2O)c2cc(Br)ccc21. The number of hydrogen-bond donors (Lipinski definition) is 2. The largest absolute Gasteiger partial charge is 0.507 e. The molecule has 0 aliphatic carbocycles. The molecule has 0 aliphatic rings. The highest BCUT2D eigenvalue weighted by Gasteiger charge is 2.20. The van der Waals surface area contributed by atoms with Crippen LogP contribution in [-0.4, -0.2) is 26.6 Å². The minimum atomic E-state index is -0.767. The van der Waals surface area contributed by atoms with E-state index in [1.165, 1.54) is 19.1 Å². The Labute approximate surface area is 150 Å². The molecule has 0 bridgehead atoms. The Hall–Kier alpha value is -3.00. The van der Waals surface area contributed by atoms with Gasteiger partial charge in [0.25, 0.3) is 5.91 Å². The third-order valence-electron chi connectivity index (χ3n) is 3.57. The monoisotopic (exact) mass is 401 g/mol. The summed E-state index contributed by atoms with van der Waals surface area (Å²) >= 11 is 3.32. The number of phenolic OH excluding ortho intramolecular Hbond substituents is 1. The fourth-order valence-electron chi connectivity index (χ4n) is 2.45. The molecule has 3 rings (SSSR count). The van der Waals surface area contributed by atoms with Gasteiger partial charge in [-0.1, -0.05) is 28.1 Å². The maximum atomic E-state index is 12.1. The van der Waals surface area contributed by atoms with Crippen LogP contribution < -0.4 is 0 Å². The molecule has 0 spiro atoms. The second-order valence-corrected chi connectivity index (χ2v) is 6.13. The first kappa shape index (κ1) is 16.8. The maximum absolute atomic E-state index is 12.1. The number of aromatic nitrogens is 1. The number of carbonyl (C=O) groups is 2. The van der Waals surface area contributed by atoms with E-state index in [1.807, 2.05) is 0 Å². The van der Waals surface area contributed by atoms with Crippen molar-refractivity contribution in [1.82, 2.24) is 4.57 Å². The molecular formula is C17H12BrN3O4. The molecule has 126 valence electrons. The lowest BCUT2D eigenvalue weighted by atomic mass is 10.2. The lowest BCUT2D eigenvalue weighted by Gasteiger charge is -2.00. The molecule has 2 aromatic carbocycles. The van der Waals surface area contributed by atoms with Gasteiger partial charge in [-0.05, 0) is 30.3 Å². The Bertz CT molecular complexity index is 1040. The van der Waals surface area contributed by atoms with Gasteiger partial charge in [0.2, 0.25) is 11.8 Å². The molecule has 0 saturated carbocycles. The number of carbonyl (C=O) groups excluding carboxylic acids is 2. The van der Waals surface area contributed by atoms with Gasteiger partial charge in [0, 0.05) is 16.8 Å². The van der Waals surface area contributed by atoms with Gasteiger partial charge in [0.15, 0.2) is 5.69 Å². The third-order valence-corrected chi connectivity index (χ3v) is 4.06. The van der Waals surface area contributed by atoms with Gasteiger partial charge < -0.3 is 10.2 Å². The molecule has 0 unspecified atom stereocenters. The van der Waals surface area contributed by atoms with Crippen LogP contribution in [0.15, 0.2) is 57.2 Å². The predicted octanol–water partition coefficient (Wildman–Crippen LogP) is 4.40. The third kappa shape index (κ3) is 3.03. The number of phenols is 1. The van der Waals surface area contributed by atoms with Crippen LogP contribution in [0, 0.1) is 0 Å². The molecule has 3 aromatic rings. The number of fused-ring (bicyclic) bond motifs is 1. The maximum Gasteiger partial charge on any atom is 0.299 e. The fourth-order valence-corrected chi connectivity index (χ4v) is 2.82. The van der Waals surface area contributed by atoms with Crippen molar-refractivity contribution in [2.45, 2.75) is 6.92 Å². The van der Waals surface area contributed by atoms with E-state index in [-0.39, 0.29) is 17.0 Å². The van der Waals surface area contributed by atoms with Crippen LogP contribution in [0.25, 0.3) is 10.9 Å². The highest BCUT2D eigenvalue weighted by Crippen LogP contribution is 2.40. The summed E-state index contributed by atoms with van der Waals surface area (Å²) < 4.78 is 1.80. The summed E-state index contributed by atoms with van der Waals surface area (Å²) in [7, 11) is 0. The van der Waals surface area contributed by atoms with Crippen LogP contribution in [0.3, 0.4) is 0 Å². The van der Waals surface area contributed by atoms with Crippen LogP contribution in [0.5, 0.6) is 11.6 Å². The average Bonchev–Trinajstić information content (AvgIpc) is 2.84. The van der Waals surface area contributed by atoms with Crippen molar-refractivity contribution in [3.63, 3.8) is 0 Å². The molecule has 0 atom stereocenters. The number of halogens is 1. The first-order valence-corrected chi connectivity index (χ1v) is 7.97. The van der Waals surface area contributed by atoms with Crippen LogP contribution in [-0.2, 0) is 0 Å². The highest BCUT2D eigenvalue weighted by atomic mass is 79.9. The summed E-state index contributed by atoms with van der Waals surface area (Å²) in [4.78, 5) is 23.9. The molecule has 7 nitrogen and oxygen atoms in total. The zero-order valence-electron chi connectivity index (χ0n) is 13.0. The topological polar surface area (TPSA) is 104 Å². The second-order valence-electron chi connectivity index (χ2n) is 5.21. The van der Waals surface area contributed by atoms with Crippen molar-refractivity contribution in [2.75, 3.05) is 0 Å². The van der Waals surface area contributed by atoms with E-state index in [2.05, 4.69) is 26.2 Å². The van der Waals surface area contributed by atoms with Gasteiger partial charge in [-0.25, -0.2) is 4.57 Å². The molecule has 1 heterocycles. The number of para-hydroxylation sites is 1. The van der Waals surface area contributed by atoms with Crippen LogP contribution in [0.4, 0.5) is 5.69 Å². The standard InChI is InChI=1S/C17H12BrN3O4/c1-9(22)21-13-7-6-10(18)8-12(13)15(17(21)25)19-20-16(24)11-4-2-3-5-14(11)23/h2-8,23,25H,1H3. The molecule has 25 heavy (non-hydrogen) atoms. The van der Waals surface area contributed by atoms with E-state index in [0.29, 0.717) is 15.4 Å². The molecular weight excluding hydrogens is 390 g/mol. The first-order chi connectivity index (χ1) is 11.9. The number of hydrogen-bond acceptors (Lipinski definition) is 5. The molecule has 8 heteroatoms. The van der Waals surface area contributed by atoms with E-state index in [1.54, 1.807) is 30.3 Å². The van der Waals surface area contributed by atoms with Gasteiger partial charge in [0.05, 0.1) is 11.1 Å². The molecule has 2 N–H and O–H groups in total. The van der Waals surface area contributed by atoms with Crippen molar-refractivity contribution in [1.29, 1.82) is 0 Å². The van der Waals surface area contributed by atoms with Gasteiger partial charge in [-0.3, -0.25) is 9.59 Å². The number of nitrogens with zero attached hydrogens (tertiary/aromatic N) is 3. The molecule has 0 aliphatic heterocycles. The normalized spacial score (nSPS) is 11.3. The molecule has 0 saturated heterocycles. The smallest absolute Gasteiger partial charge is 0.299 e. The van der Waals surface area contributed by atoms with Gasteiger partial charge in [-0.15, -0.1) is 10.2 Å². The predicted molar refractivity (Wildman–Crippen MR) is 94.6 cm³/mol. The van der Waals surface area contributed by atoms with E-state index in [0.717, 1.165) is 4.57 Å². The average molecular weight is 402 g/mol. The number of rotatable bonds is 2. The highest BCUT2D eigenvalue weighted by molar-refractivity contribution is 9.10. The van der Waals surface area contributed by atoms with Gasteiger partial charge in [-0.2, -0.15) is 0 Å².